The zero-order chi connectivity index (χ0) is 6.95. The largest absolute Gasteiger partial charge is 0.396 e. The molecule has 9 heavy (non-hydrogen) atoms. The number of rotatable bonds is 5. The van der Waals surface area contributed by atoms with Gasteiger partial charge in [0.05, 0.1) is 6.61 Å². The van der Waals surface area contributed by atoms with Crippen molar-refractivity contribution in [1.82, 2.24) is 0 Å². The highest BCUT2D eigenvalue weighted by atomic mass is 16.6. The van der Waals surface area contributed by atoms with Crippen molar-refractivity contribution in [3.05, 3.63) is 0 Å². The van der Waals surface area contributed by atoms with E-state index in [9.17, 15) is 0 Å². The van der Waals surface area contributed by atoms with E-state index >= 15 is 0 Å². The summed E-state index contributed by atoms with van der Waals surface area (Å²) in [5.41, 5.74) is 0. The maximum absolute atomic E-state index is 4.90. The molecule has 0 aliphatic heterocycles. The summed E-state index contributed by atoms with van der Waals surface area (Å²) in [6, 6.07) is 0. The number of nitrogens with zero attached hydrogens (tertiary/aromatic N) is 1. The molecule has 0 unspecified atom stereocenters. The molecule has 53 valence electrons. The fourth-order valence-corrected chi connectivity index (χ4v) is 0.284. The molecule has 0 atom stereocenters. The van der Waals surface area contributed by atoms with Crippen LogP contribution < -0.4 is 0 Å². The summed E-state index contributed by atoms with van der Waals surface area (Å²) in [7, 11) is 0. The highest BCUT2D eigenvalue weighted by Gasteiger charge is 1.76. The minimum atomic E-state index is 0.413. The first-order valence-electron chi connectivity index (χ1n) is 3.04. The lowest BCUT2D eigenvalue weighted by molar-refractivity contribution is 0.151. The average Bonchev–Trinajstić information content (AvgIpc) is 1.89. The van der Waals surface area contributed by atoms with Crippen LogP contribution in [-0.2, 0) is 9.57 Å². The molecular weight excluding hydrogens is 118 g/mol. The smallest absolute Gasteiger partial charge is 0.133 e. The molecule has 0 saturated carbocycles. The standard InChI is InChI=1S/C6H12NO2/c1-3-8-6-5-7-9-4-2/h3-4,6H2,1-2H3. The summed E-state index contributed by atoms with van der Waals surface area (Å²) in [6.45, 7) is 5.47. The van der Waals surface area contributed by atoms with Crippen LogP contribution >= 0.6 is 0 Å². The lowest BCUT2D eigenvalue weighted by Gasteiger charge is -1.91. The van der Waals surface area contributed by atoms with Crippen molar-refractivity contribution in [2.24, 2.45) is 5.16 Å². The van der Waals surface area contributed by atoms with Gasteiger partial charge in [-0.2, -0.15) is 0 Å². The second-order valence-electron chi connectivity index (χ2n) is 1.30. The molecule has 3 heteroatoms. The molecule has 3 nitrogen and oxygen atoms in total. The van der Waals surface area contributed by atoms with Gasteiger partial charge in [0, 0.05) is 6.61 Å². The van der Waals surface area contributed by atoms with Gasteiger partial charge in [0.25, 0.3) is 0 Å². The zero-order valence-electron chi connectivity index (χ0n) is 5.89. The van der Waals surface area contributed by atoms with Crippen molar-refractivity contribution in [2.75, 3.05) is 19.8 Å². The highest BCUT2D eigenvalue weighted by molar-refractivity contribution is 5.57. The third-order valence-corrected chi connectivity index (χ3v) is 0.629. The second-order valence-corrected chi connectivity index (χ2v) is 1.30. The van der Waals surface area contributed by atoms with E-state index in [-0.39, 0.29) is 0 Å². The maximum Gasteiger partial charge on any atom is 0.133 e. The minimum absolute atomic E-state index is 0.413. The van der Waals surface area contributed by atoms with E-state index in [4.69, 9.17) is 4.74 Å². The van der Waals surface area contributed by atoms with Crippen LogP contribution in [0.25, 0.3) is 0 Å². The Hall–Kier alpha value is -0.570. The molecular formula is C6H12NO2. The number of hydrogen-bond acceptors (Lipinski definition) is 3. The molecule has 0 aromatic carbocycles. The number of ether oxygens (including phenoxy) is 1. The maximum atomic E-state index is 4.90. The van der Waals surface area contributed by atoms with E-state index in [0.29, 0.717) is 19.8 Å². The summed E-state index contributed by atoms with van der Waals surface area (Å²) < 4.78 is 4.90. The molecule has 0 rings (SSSR count). The van der Waals surface area contributed by atoms with Gasteiger partial charge in [0.15, 0.2) is 0 Å². The molecule has 0 aliphatic rings. The summed E-state index contributed by atoms with van der Waals surface area (Å²) in [5, 5.41) is 3.45. The van der Waals surface area contributed by atoms with E-state index < -0.39 is 0 Å². The summed E-state index contributed by atoms with van der Waals surface area (Å²) in [5.74, 6) is 0. The summed E-state index contributed by atoms with van der Waals surface area (Å²) >= 11 is 0. The van der Waals surface area contributed by atoms with Crippen molar-refractivity contribution in [3.63, 3.8) is 0 Å². The van der Waals surface area contributed by atoms with Gasteiger partial charge >= 0.3 is 0 Å². The van der Waals surface area contributed by atoms with Gasteiger partial charge < -0.3 is 9.57 Å². The van der Waals surface area contributed by atoms with Crippen molar-refractivity contribution in [2.45, 2.75) is 13.8 Å². The average molecular weight is 130 g/mol. The molecule has 0 fully saturated rings. The molecule has 0 amide bonds. The monoisotopic (exact) mass is 130 g/mol. The molecule has 0 aliphatic carbocycles. The van der Waals surface area contributed by atoms with Crippen molar-refractivity contribution in [1.29, 1.82) is 0 Å². The first-order valence-corrected chi connectivity index (χ1v) is 3.04. The molecule has 0 spiro atoms. The van der Waals surface area contributed by atoms with Gasteiger partial charge in [-0.3, -0.25) is 0 Å². The molecule has 0 bridgehead atoms. The third-order valence-electron chi connectivity index (χ3n) is 0.629. The Labute approximate surface area is 55.6 Å². The topological polar surface area (TPSA) is 30.8 Å². The zero-order valence-corrected chi connectivity index (χ0v) is 5.89. The SMILES string of the molecule is CCOC/[C]=N/OCC. The van der Waals surface area contributed by atoms with Crippen LogP contribution in [0.4, 0.5) is 0 Å². The molecule has 0 heterocycles. The lowest BCUT2D eigenvalue weighted by atomic mass is 10.8. The van der Waals surface area contributed by atoms with Gasteiger partial charge in [0.2, 0.25) is 0 Å². The minimum Gasteiger partial charge on any atom is -0.396 e. The van der Waals surface area contributed by atoms with Gasteiger partial charge in [-0.05, 0) is 13.8 Å². The van der Waals surface area contributed by atoms with Crippen LogP contribution in [0, 0.1) is 0 Å². The van der Waals surface area contributed by atoms with E-state index in [2.05, 4.69) is 16.2 Å². The van der Waals surface area contributed by atoms with Crippen LogP contribution in [0.15, 0.2) is 5.16 Å². The van der Waals surface area contributed by atoms with Crippen LogP contribution in [0.3, 0.4) is 0 Å². The lowest BCUT2D eigenvalue weighted by Crippen LogP contribution is -1.94. The fraction of sp³-hybridized carbons (Fsp3) is 0.833. The number of hydrogen-bond donors (Lipinski definition) is 0. The first kappa shape index (κ1) is 8.43. The quantitative estimate of drug-likeness (QED) is 0.315. The van der Waals surface area contributed by atoms with E-state index in [1.165, 1.54) is 0 Å². The Morgan fingerprint density at radius 3 is 2.67 bits per heavy atom. The molecule has 0 aromatic rings. The van der Waals surface area contributed by atoms with E-state index in [0.717, 1.165) is 0 Å². The fourth-order valence-electron chi connectivity index (χ4n) is 0.284. The molecule has 0 N–H and O–H groups in total. The second kappa shape index (κ2) is 7.43. The van der Waals surface area contributed by atoms with Crippen LogP contribution in [0.2, 0.25) is 0 Å². The molecule has 1 radical (unpaired) electrons. The predicted molar refractivity (Wildman–Crippen MR) is 35.6 cm³/mol. The Morgan fingerprint density at radius 1 is 1.33 bits per heavy atom. The van der Waals surface area contributed by atoms with Gasteiger partial charge in [-0.1, -0.05) is 5.16 Å². The first-order chi connectivity index (χ1) is 4.41. The highest BCUT2D eigenvalue weighted by Crippen LogP contribution is 1.72. The van der Waals surface area contributed by atoms with Crippen LogP contribution in [0.1, 0.15) is 13.8 Å². The van der Waals surface area contributed by atoms with Crippen molar-refractivity contribution >= 4 is 6.21 Å². The van der Waals surface area contributed by atoms with Crippen molar-refractivity contribution < 1.29 is 9.57 Å². The Kier molecular flexibility index (Phi) is 6.96. The van der Waals surface area contributed by atoms with Gasteiger partial charge in [0.1, 0.15) is 12.8 Å². The Balaban J connectivity index is 2.86. The van der Waals surface area contributed by atoms with Crippen molar-refractivity contribution in [3.8, 4) is 0 Å². The molecule has 0 saturated heterocycles. The summed E-state index contributed by atoms with van der Waals surface area (Å²) in [4.78, 5) is 4.61. The third kappa shape index (κ3) is 7.43. The van der Waals surface area contributed by atoms with Gasteiger partial charge in [-0.25, -0.2) is 0 Å². The Bertz CT molecular complexity index is 73.5. The predicted octanol–water partition coefficient (Wildman–Crippen LogP) is 0.922. The van der Waals surface area contributed by atoms with E-state index in [1.54, 1.807) is 0 Å². The van der Waals surface area contributed by atoms with E-state index in [1.807, 2.05) is 13.8 Å². The van der Waals surface area contributed by atoms with Gasteiger partial charge in [-0.15, -0.1) is 0 Å². The van der Waals surface area contributed by atoms with Crippen LogP contribution in [-0.4, -0.2) is 26.0 Å². The van der Waals surface area contributed by atoms with Crippen LogP contribution in [0.5, 0.6) is 0 Å². The summed E-state index contributed by atoms with van der Waals surface area (Å²) in [6.07, 6.45) is 2.57. The molecule has 0 aromatic heterocycles. The normalized spacial score (nSPS) is 10.4. The Morgan fingerprint density at radius 2 is 2.11 bits per heavy atom.